The van der Waals surface area contributed by atoms with Gasteiger partial charge in [-0.05, 0) is 36.5 Å². The molecule has 98 valence electrons. The van der Waals surface area contributed by atoms with Gasteiger partial charge in [-0.15, -0.1) is 0 Å². The number of rotatable bonds is 3. The molecule has 4 heteroatoms. The van der Waals surface area contributed by atoms with Crippen LogP contribution in [0.2, 0.25) is 0 Å². The highest BCUT2D eigenvalue weighted by molar-refractivity contribution is 5.71. The smallest absolute Gasteiger partial charge is 0.319 e. The van der Waals surface area contributed by atoms with Crippen molar-refractivity contribution in [2.45, 2.75) is 32.2 Å². The molecule has 0 radical (unpaired) electrons. The molecular weight excluding hydrogens is 230 g/mol. The lowest BCUT2D eigenvalue weighted by atomic mass is 9.97. The van der Waals surface area contributed by atoms with Gasteiger partial charge in [-0.3, -0.25) is 10.1 Å². The quantitative estimate of drug-likeness (QED) is 0.805. The van der Waals surface area contributed by atoms with Crippen molar-refractivity contribution in [3.63, 3.8) is 0 Å². The molecule has 1 aromatic rings. The molecular formula is C14H19NO3. The molecule has 2 N–H and O–H groups in total. The molecule has 1 aliphatic carbocycles. The van der Waals surface area contributed by atoms with E-state index in [-0.39, 0.29) is 18.6 Å². The first-order valence-electron chi connectivity index (χ1n) is 6.17. The molecule has 0 bridgehead atoms. The van der Waals surface area contributed by atoms with Crippen molar-refractivity contribution in [2.75, 3.05) is 13.7 Å². The molecule has 0 saturated heterocycles. The van der Waals surface area contributed by atoms with Crippen LogP contribution in [0.1, 0.15) is 42.0 Å². The summed E-state index contributed by atoms with van der Waals surface area (Å²) in [4.78, 5) is 11.2. The Kier molecular flexibility index (Phi) is 3.57. The summed E-state index contributed by atoms with van der Waals surface area (Å²) < 4.78 is 4.61. The Morgan fingerprint density at radius 1 is 1.50 bits per heavy atom. The van der Waals surface area contributed by atoms with Gasteiger partial charge in [-0.2, -0.15) is 0 Å². The van der Waals surface area contributed by atoms with E-state index in [4.69, 9.17) is 0 Å². The third-order valence-electron chi connectivity index (χ3n) is 3.63. The van der Waals surface area contributed by atoms with Crippen molar-refractivity contribution >= 4 is 5.97 Å². The number of carbonyl (C=O) groups excluding carboxylic acids is 1. The molecule has 18 heavy (non-hydrogen) atoms. The van der Waals surface area contributed by atoms with Gasteiger partial charge in [0.05, 0.1) is 13.7 Å². The average Bonchev–Trinajstić information content (AvgIpc) is 2.69. The number of methoxy groups -OCH3 is 1. The second kappa shape index (κ2) is 4.98. The average molecular weight is 249 g/mol. The van der Waals surface area contributed by atoms with Crippen LogP contribution in [0.25, 0.3) is 0 Å². The number of fused-ring (bicyclic) bond motifs is 1. The predicted molar refractivity (Wildman–Crippen MR) is 68.6 cm³/mol. The number of ether oxygens (including phenoxy) is 1. The van der Waals surface area contributed by atoms with Crippen LogP contribution >= 0.6 is 0 Å². The Morgan fingerprint density at radius 3 is 2.89 bits per heavy atom. The van der Waals surface area contributed by atoms with Crippen molar-refractivity contribution < 1.29 is 14.6 Å². The molecule has 2 unspecified atom stereocenters. The first kappa shape index (κ1) is 12.9. The lowest BCUT2D eigenvalue weighted by molar-refractivity contribution is -0.139. The second-order valence-corrected chi connectivity index (χ2v) is 4.88. The molecule has 0 amide bonds. The van der Waals surface area contributed by atoms with Crippen molar-refractivity contribution in [3.8, 4) is 5.75 Å². The third kappa shape index (κ3) is 2.20. The zero-order chi connectivity index (χ0) is 13.3. The minimum Gasteiger partial charge on any atom is -0.508 e. The van der Waals surface area contributed by atoms with Gasteiger partial charge in [0.2, 0.25) is 0 Å². The van der Waals surface area contributed by atoms with E-state index in [1.54, 1.807) is 6.07 Å². The van der Waals surface area contributed by atoms with E-state index in [9.17, 15) is 9.90 Å². The number of carbonyl (C=O) groups is 1. The largest absolute Gasteiger partial charge is 0.508 e. The highest BCUT2D eigenvalue weighted by Crippen LogP contribution is 2.45. The Bertz CT molecular complexity index is 470. The van der Waals surface area contributed by atoms with Crippen LogP contribution < -0.4 is 5.32 Å². The van der Waals surface area contributed by atoms with Gasteiger partial charge in [0.1, 0.15) is 5.75 Å². The van der Waals surface area contributed by atoms with Gasteiger partial charge in [0.15, 0.2) is 0 Å². The zero-order valence-corrected chi connectivity index (χ0v) is 11.0. The van der Waals surface area contributed by atoms with Crippen molar-refractivity contribution in [1.82, 2.24) is 5.32 Å². The van der Waals surface area contributed by atoms with E-state index in [1.165, 1.54) is 18.2 Å². The maximum Gasteiger partial charge on any atom is 0.319 e. The first-order valence-corrected chi connectivity index (χ1v) is 6.17. The van der Waals surface area contributed by atoms with E-state index >= 15 is 0 Å². The van der Waals surface area contributed by atoms with Crippen LogP contribution in [0.5, 0.6) is 5.75 Å². The number of hydrogen-bond acceptors (Lipinski definition) is 4. The SMILES string of the molecule is COC(=O)CNC1CC(C)c2c(C)ccc(O)c21. The van der Waals surface area contributed by atoms with Crippen LogP contribution in [-0.4, -0.2) is 24.7 Å². The Labute approximate surface area is 107 Å². The maximum absolute atomic E-state index is 11.2. The number of hydrogen-bond donors (Lipinski definition) is 2. The number of esters is 1. The molecule has 1 aromatic carbocycles. The molecule has 2 rings (SSSR count). The van der Waals surface area contributed by atoms with Gasteiger partial charge in [-0.25, -0.2) is 0 Å². The fraction of sp³-hybridized carbons (Fsp3) is 0.500. The monoisotopic (exact) mass is 249 g/mol. The number of phenols is 1. The summed E-state index contributed by atoms with van der Waals surface area (Å²) in [7, 11) is 1.37. The zero-order valence-electron chi connectivity index (χ0n) is 11.0. The minimum atomic E-state index is -0.289. The summed E-state index contributed by atoms with van der Waals surface area (Å²) in [5.41, 5.74) is 3.33. The molecule has 0 aliphatic heterocycles. The van der Waals surface area contributed by atoms with Crippen LogP contribution in [-0.2, 0) is 9.53 Å². The fourth-order valence-corrected chi connectivity index (χ4v) is 2.81. The molecule has 0 heterocycles. The van der Waals surface area contributed by atoms with Crippen LogP contribution in [0.3, 0.4) is 0 Å². The lowest BCUT2D eigenvalue weighted by Crippen LogP contribution is -2.27. The van der Waals surface area contributed by atoms with Crippen LogP contribution in [0.4, 0.5) is 0 Å². The Balaban J connectivity index is 2.24. The molecule has 0 spiro atoms. The highest BCUT2D eigenvalue weighted by atomic mass is 16.5. The first-order chi connectivity index (χ1) is 8.54. The van der Waals surface area contributed by atoms with Gasteiger partial charge < -0.3 is 9.84 Å². The molecule has 1 aliphatic rings. The fourth-order valence-electron chi connectivity index (χ4n) is 2.81. The van der Waals surface area contributed by atoms with Gasteiger partial charge in [0, 0.05) is 11.6 Å². The lowest BCUT2D eigenvalue weighted by Gasteiger charge is -2.15. The third-order valence-corrected chi connectivity index (χ3v) is 3.63. The summed E-state index contributed by atoms with van der Waals surface area (Å²) in [5.74, 6) is 0.410. The summed E-state index contributed by atoms with van der Waals surface area (Å²) in [5, 5.41) is 13.2. The molecule has 0 aromatic heterocycles. The van der Waals surface area contributed by atoms with E-state index in [2.05, 4.69) is 23.9 Å². The molecule has 2 atom stereocenters. The second-order valence-electron chi connectivity index (χ2n) is 4.88. The molecule has 4 nitrogen and oxygen atoms in total. The minimum absolute atomic E-state index is 0.0222. The molecule has 0 fully saturated rings. The Hall–Kier alpha value is -1.55. The van der Waals surface area contributed by atoms with Crippen molar-refractivity contribution in [2.24, 2.45) is 0 Å². The number of benzene rings is 1. The maximum atomic E-state index is 11.2. The van der Waals surface area contributed by atoms with Crippen LogP contribution in [0.15, 0.2) is 12.1 Å². The van der Waals surface area contributed by atoms with E-state index in [0.717, 1.165) is 12.0 Å². The van der Waals surface area contributed by atoms with E-state index < -0.39 is 0 Å². The van der Waals surface area contributed by atoms with Crippen molar-refractivity contribution in [3.05, 3.63) is 28.8 Å². The summed E-state index contributed by atoms with van der Waals surface area (Å²) in [6.45, 7) is 4.36. The van der Waals surface area contributed by atoms with E-state index in [0.29, 0.717) is 11.7 Å². The topological polar surface area (TPSA) is 58.6 Å². The summed E-state index contributed by atoms with van der Waals surface area (Å²) in [6, 6.07) is 3.68. The number of nitrogens with one attached hydrogen (secondary N) is 1. The molecule has 0 saturated carbocycles. The predicted octanol–water partition coefficient (Wildman–Crippen LogP) is 2.01. The normalized spacial score (nSPS) is 21.7. The van der Waals surface area contributed by atoms with Gasteiger partial charge in [0.25, 0.3) is 0 Å². The standard InChI is InChI=1S/C14H19NO3/c1-8-4-5-11(16)14-10(6-9(2)13(8)14)15-7-12(17)18-3/h4-5,9-10,15-16H,6-7H2,1-3H3. The van der Waals surface area contributed by atoms with Gasteiger partial charge >= 0.3 is 5.97 Å². The number of aryl methyl sites for hydroxylation is 1. The number of aromatic hydroxyl groups is 1. The van der Waals surface area contributed by atoms with Crippen molar-refractivity contribution in [1.29, 1.82) is 0 Å². The van der Waals surface area contributed by atoms with E-state index in [1.807, 2.05) is 6.07 Å². The highest BCUT2D eigenvalue weighted by Gasteiger charge is 2.32. The van der Waals surface area contributed by atoms with Crippen LogP contribution in [0, 0.1) is 6.92 Å². The number of phenolic OH excluding ortho intramolecular Hbond substituents is 1. The van der Waals surface area contributed by atoms with Gasteiger partial charge in [-0.1, -0.05) is 13.0 Å². The Morgan fingerprint density at radius 2 is 2.22 bits per heavy atom. The summed E-state index contributed by atoms with van der Waals surface area (Å²) in [6.07, 6.45) is 0.894. The summed E-state index contributed by atoms with van der Waals surface area (Å²) >= 11 is 0.